The van der Waals surface area contributed by atoms with Crippen LogP contribution < -0.4 is 5.63 Å². The summed E-state index contributed by atoms with van der Waals surface area (Å²) in [5, 5.41) is 5.37. The van der Waals surface area contributed by atoms with E-state index in [1.54, 1.807) is 18.2 Å². The monoisotopic (exact) mass is 322 g/mol. The van der Waals surface area contributed by atoms with Gasteiger partial charge in [-0.15, -0.1) is 0 Å². The number of ketones is 1. The number of fused-ring (bicyclic) bond motifs is 3. The molecule has 0 bridgehead atoms. The average Bonchev–Trinajstić information content (AvgIpc) is 3.00. The third-order valence-electron chi connectivity index (χ3n) is 3.80. The van der Waals surface area contributed by atoms with Crippen molar-refractivity contribution in [2.45, 2.75) is 6.54 Å². The molecule has 0 fully saturated rings. The molecule has 0 N–H and O–H groups in total. The fourth-order valence-electron chi connectivity index (χ4n) is 2.63. The van der Waals surface area contributed by atoms with E-state index < -0.39 is 11.4 Å². The Morgan fingerprint density at radius 2 is 1.83 bits per heavy atom. The number of rotatable bonds is 3. The minimum atomic E-state index is -0.496. The zero-order valence-corrected chi connectivity index (χ0v) is 12.4. The van der Waals surface area contributed by atoms with E-state index >= 15 is 0 Å². The number of carbonyl (C=O) groups excluding carboxylic acids is 1. The second-order valence-electron chi connectivity index (χ2n) is 5.40. The maximum atomic E-state index is 12.9. The first kappa shape index (κ1) is 14.3. The molecule has 0 spiro atoms. The molecule has 0 saturated heterocycles. The van der Waals surface area contributed by atoms with E-state index in [-0.39, 0.29) is 12.3 Å². The smallest absolute Gasteiger partial charge is 0.347 e. The molecule has 2 aromatic carbocycles. The Kier molecular flexibility index (Phi) is 3.23. The van der Waals surface area contributed by atoms with E-state index in [0.717, 1.165) is 0 Å². The number of benzene rings is 2. The van der Waals surface area contributed by atoms with Crippen molar-refractivity contribution in [1.29, 1.82) is 0 Å². The molecule has 6 heteroatoms. The van der Waals surface area contributed by atoms with Gasteiger partial charge in [-0.25, -0.2) is 9.18 Å². The normalized spacial score (nSPS) is 11.2. The van der Waals surface area contributed by atoms with Crippen molar-refractivity contribution >= 4 is 27.7 Å². The number of hydrogen-bond acceptors (Lipinski definition) is 4. The van der Waals surface area contributed by atoms with Gasteiger partial charge >= 0.3 is 5.63 Å². The van der Waals surface area contributed by atoms with Crippen LogP contribution in [0.1, 0.15) is 10.4 Å². The number of halogens is 1. The summed E-state index contributed by atoms with van der Waals surface area (Å²) in [6.07, 6.45) is 1.50. The largest absolute Gasteiger partial charge is 0.422 e. The van der Waals surface area contributed by atoms with Gasteiger partial charge in [0.05, 0.1) is 0 Å². The minimum absolute atomic E-state index is 0.0475. The molecule has 0 aliphatic rings. The van der Waals surface area contributed by atoms with Crippen LogP contribution in [-0.4, -0.2) is 15.6 Å². The first-order chi connectivity index (χ1) is 11.6. The molecule has 5 nitrogen and oxygen atoms in total. The first-order valence-electron chi connectivity index (χ1n) is 7.29. The lowest BCUT2D eigenvalue weighted by molar-refractivity contribution is 0.0968. The highest BCUT2D eigenvalue weighted by molar-refractivity contribution is 6.01. The molecule has 0 saturated carbocycles. The van der Waals surface area contributed by atoms with Crippen LogP contribution in [0, 0.1) is 5.82 Å². The molecule has 0 radical (unpaired) electrons. The predicted octanol–water partition coefficient (Wildman–Crippen LogP) is 3.16. The quantitative estimate of drug-likeness (QED) is 0.429. The van der Waals surface area contributed by atoms with Gasteiger partial charge in [0.15, 0.2) is 5.78 Å². The number of carbonyl (C=O) groups is 1. The van der Waals surface area contributed by atoms with Crippen molar-refractivity contribution in [3.8, 4) is 0 Å². The number of hydrogen-bond donors (Lipinski definition) is 0. The molecular formula is C18H11FN2O3. The van der Waals surface area contributed by atoms with Gasteiger partial charge in [-0.3, -0.25) is 9.48 Å². The van der Waals surface area contributed by atoms with E-state index in [2.05, 4.69) is 5.10 Å². The summed E-state index contributed by atoms with van der Waals surface area (Å²) >= 11 is 0. The maximum Gasteiger partial charge on any atom is 0.347 e. The van der Waals surface area contributed by atoms with Crippen molar-refractivity contribution in [1.82, 2.24) is 9.78 Å². The average molecular weight is 322 g/mol. The molecule has 24 heavy (non-hydrogen) atoms. The molecule has 4 rings (SSSR count). The van der Waals surface area contributed by atoms with Gasteiger partial charge in [0.1, 0.15) is 28.8 Å². The third kappa shape index (κ3) is 2.38. The predicted molar refractivity (Wildman–Crippen MR) is 86.5 cm³/mol. The SMILES string of the molecule is O=C(Cn1cc2c(=O)oc3ccccc3c2n1)c1ccc(F)cc1. The Balaban J connectivity index is 1.76. The van der Waals surface area contributed by atoms with Crippen LogP contribution in [0.5, 0.6) is 0 Å². The van der Waals surface area contributed by atoms with Gasteiger partial charge in [0, 0.05) is 17.1 Å². The molecule has 0 aliphatic heterocycles. The number of Topliss-reactive ketones (excluding diaryl/α,β-unsaturated/α-hetero) is 1. The standard InChI is InChI=1S/C18H11FN2O3/c19-12-7-5-11(6-8-12)15(22)10-21-9-14-17(20-21)13-3-1-2-4-16(13)24-18(14)23/h1-9H,10H2. The highest BCUT2D eigenvalue weighted by Gasteiger charge is 2.14. The maximum absolute atomic E-state index is 12.9. The van der Waals surface area contributed by atoms with Crippen LogP contribution in [0.25, 0.3) is 21.9 Å². The van der Waals surface area contributed by atoms with Crippen molar-refractivity contribution < 1.29 is 13.6 Å². The van der Waals surface area contributed by atoms with Gasteiger partial charge in [-0.05, 0) is 36.4 Å². The first-order valence-corrected chi connectivity index (χ1v) is 7.29. The molecule has 2 heterocycles. The Bertz CT molecular complexity index is 1130. The van der Waals surface area contributed by atoms with E-state index in [1.807, 2.05) is 6.07 Å². The summed E-state index contributed by atoms with van der Waals surface area (Å²) in [6, 6.07) is 12.4. The lowest BCUT2D eigenvalue weighted by Crippen LogP contribution is -2.10. The number of aromatic nitrogens is 2. The lowest BCUT2D eigenvalue weighted by atomic mass is 10.1. The van der Waals surface area contributed by atoms with Crippen molar-refractivity contribution in [3.63, 3.8) is 0 Å². The summed E-state index contributed by atoms with van der Waals surface area (Å²) in [7, 11) is 0. The second kappa shape index (κ2) is 5.42. The zero-order chi connectivity index (χ0) is 16.7. The van der Waals surface area contributed by atoms with Crippen LogP contribution >= 0.6 is 0 Å². The molecule has 0 unspecified atom stereocenters. The highest BCUT2D eigenvalue weighted by atomic mass is 19.1. The molecule has 4 aromatic rings. The van der Waals surface area contributed by atoms with E-state index in [0.29, 0.717) is 27.4 Å². The van der Waals surface area contributed by atoms with Crippen LogP contribution in [0.4, 0.5) is 4.39 Å². The summed E-state index contributed by atoms with van der Waals surface area (Å²) in [6.45, 7) is -0.0475. The van der Waals surface area contributed by atoms with Gasteiger partial charge in [-0.1, -0.05) is 12.1 Å². The minimum Gasteiger partial charge on any atom is -0.422 e. The van der Waals surface area contributed by atoms with E-state index in [9.17, 15) is 14.0 Å². The summed E-state index contributed by atoms with van der Waals surface area (Å²) in [4.78, 5) is 24.3. The molecule has 118 valence electrons. The summed E-state index contributed by atoms with van der Waals surface area (Å²) in [5.41, 5.74) is 0.830. The second-order valence-corrected chi connectivity index (χ2v) is 5.40. The molecule has 0 aliphatic carbocycles. The van der Waals surface area contributed by atoms with Crippen molar-refractivity contribution in [2.75, 3.05) is 0 Å². The Morgan fingerprint density at radius 3 is 2.62 bits per heavy atom. The Hall–Kier alpha value is -3.28. The Labute approximate surface area is 134 Å². The molecule has 0 amide bonds. The lowest BCUT2D eigenvalue weighted by Gasteiger charge is -2.01. The van der Waals surface area contributed by atoms with Gasteiger partial charge in [0.2, 0.25) is 0 Å². The van der Waals surface area contributed by atoms with Gasteiger partial charge in [0.25, 0.3) is 0 Å². The topological polar surface area (TPSA) is 65.1 Å². The van der Waals surface area contributed by atoms with Gasteiger partial charge < -0.3 is 4.42 Å². The molecular weight excluding hydrogens is 311 g/mol. The Morgan fingerprint density at radius 1 is 1.08 bits per heavy atom. The number of nitrogens with zero attached hydrogens (tertiary/aromatic N) is 2. The van der Waals surface area contributed by atoms with Crippen LogP contribution in [0.2, 0.25) is 0 Å². The van der Waals surface area contributed by atoms with E-state index in [4.69, 9.17) is 4.42 Å². The third-order valence-corrected chi connectivity index (χ3v) is 3.80. The summed E-state index contributed by atoms with van der Waals surface area (Å²) in [5.74, 6) is -0.628. The van der Waals surface area contributed by atoms with E-state index in [1.165, 1.54) is 35.1 Å². The van der Waals surface area contributed by atoms with Crippen LogP contribution in [-0.2, 0) is 6.54 Å². The zero-order valence-electron chi connectivity index (χ0n) is 12.4. The van der Waals surface area contributed by atoms with Gasteiger partial charge in [-0.2, -0.15) is 5.10 Å². The summed E-state index contributed by atoms with van der Waals surface area (Å²) < 4.78 is 19.6. The fraction of sp³-hybridized carbons (Fsp3) is 0.0556. The highest BCUT2D eigenvalue weighted by Crippen LogP contribution is 2.21. The van der Waals surface area contributed by atoms with Crippen LogP contribution in [0.3, 0.4) is 0 Å². The van der Waals surface area contributed by atoms with Crippen molar-refractivity contribution in [3.05, 3.63) is 76.5 Å². The number of para-hydroxylation sites is 1. The molecule has 0 atom stereocenters. The fourth-order valence-corrected chi connectivity index (χ4v) is 2.63. The van der Waals surface area contributed by atoms with Crippen molar-refractivity contribution in [2.24, 2.45) is 0 Å². The van der Waals surface area contributed by atoms with Crippen LogP contribution in [0.15, 0.2) is 63.9 Å². The molecule has 2 aromatic heterocycles.